The van der Waals surface area contributed by atoms with Crippen LogP contribution in [-0.2, 0) is 15.0 Å². The molecular weight excluding hydrogens is 478 g/mol. The third kappa shape index (κ3) is 3.16. The van der Waals surface area contributed by atoms with E-state index in [0.29, 0.717) is 18.2 Å². The van der Waals surface area contributed by atoms with Gasteiger partial charge in [0, 0.05) is 24.2 Å². The summed E-state index contributed by atoms with van der Waals surface area (Å²) in [7, 11) is 0. The first kappa shape index (κ1) is 25.7. The Hall–Kier alpha value is -2.59. The Kier molecular flexibility index (Phi) is 5.23. The monoisotopic (exact) mass is 517 g/mol. The third-order valence-corrected chi connectivity index (χ3v) is 11.7. The van der Waals surface area contributed by atoms with Gasteiger partial charge in [-0.15, -0.1) is 10.2 Å². The van der Waals surface area contributed by atoms with Crippen molar-refractivity contribution < 1.29 is 19.1 Å². The topological polar surface area (TPSA) is 117 Å². The summed E-state index contributed by atoms with van der Waals surface area (Å²) >= 11 is 0. The molecule has 0 bridgehead atoms. The van der Waals surface area contributed by atoms with E-state index in [9.17, 15) is 20.0 Å². The average molecular weight is 518 g/mol. The summed E-state index contributed by atoms with van der Waals surface area (Å²) in [4.78, 5) is 27.3. The highest BCUT2D eigenvalue weighted by molar-refractivity contribution is 6.06. The molecule has 0 saturated heterocycles. The lowest BCUT2D eigenvalue weighted by Crippen LogP contribution is -2.63. The Bertz CT molecular complexity index is 1340. The van der Waals surface area contributed by atoms with Crippen molar-refractivity contribution in [3.05, 3.63) is 35.1 Å². The van der Waals surface area contributed by atoms with Gasteiger partial charge in [-0.2, -0.15) is 5.26 Å². The van der Waals surface area contributed by atoms with Crippen molar-refractivity contribution in [1.29, 1.82) is 5.26 Å². The molecule has 5 aliphatic rings. The first-order valence-corrected chi connectivity index (χ1v) is 14.2. The summed E-state index contributed by atoms with van der Waals surface area (Å²) in [5, 5.41) is 29.8. The average Bonchev–Trinajstić information content (AvgIpc) is 3.29. The molecule has 0 amide bonds. The van der Waals surface area contributed by atoms with Gasteiger partial charge in [-0.25, -0.2) is 0 Å². The molecule has 202 valence electrons. The van der Waals surface area contributed by atoms with E-state index in [-0.39, 0.29) is 51.3 Å². The number of rotatable bonds is 1. The zero-order valence-corrected chi connectivity index (χ0v) is 23.4. The molecular formula is C31H39N3O4. The van der Waals surface area contributed by atoms with Crippen LogP contribution in [0.15, 0.2) is 27.7 Å². The number of hydrogen-bond donors (Lipinski definition) is 1. The molecule has 1 aromatic heterocycles. The number of aliphatic hydroxyl groups is 1. The number of carbonyl (C=O) groups excluding carboxylic acids is 2. The molecule has 1 N–H and O–H groups in total. The van der Waals surface area contributed by atoms with Crippen LogP contribution in [0, 0.1) is 58.2 Å². The number of hydrogen-bond acceptors (Lipinski definition) is 7. The minimum Gasteiger partial charge on any atom is -0.425 e. The molecule has 0 radical (unpaired) electrons. The van der Waals surface area contributed by atoms with Crippen LogP contribution in [0.4, 0.5) is 0 Å². The molecule has 7 heteroatoms. The van der Waals surface area contributed by atoms with Crippen LogP contribution in [0.25, 0.3) is 0 Å². The Morgan fingerprint density at radius 2 is 1.76 bits per heavy atom. The van der Waals surface area contributed by atoms with Gasteiger partial charge in [0.05, 0.1) is 11.0 Å². The summed E-state index contributed by atoms with van der Waals surface area (Å²) in [5.41, 5.74) is -1.82. The van der Waals surface area contributed by atoms with Crippen molar-refractivity contribution in [2.45, 2.75) is 97.5 Å². The van der Waals surface area contributed by atoms with E-state index in [0.717, 1.165) is 44.1 Å². The molecule has 5 aliphatic carbocycles. The predicted octanol–water partition coefficient (Wildman–Crippen LogP) is 5.18. The van der Waals surface area contributed by atoms with E-state index in [1.807, 2.05) is 26.0 Å². The van der Waals surface area contributed by atoms with E-state index in [2.05, 4.69) is 31.0 Å². The van der Waals surface area contributed by atoms with Gasteiger partial charge in [0.1, 0.15) is 11.7 Å². The van der Waals surface area contributed by atoms with Crippen LogP contribution < -0.4 is 0 Å². The number of carbonyl (C=O) groups is 2. The lowest BCUT2D eigenvalue weighted by atomic mass is 9.39. The lowest BCUT2D eigenvalue weighted by Gasteiger charge is -2.64. The summed E-state index contributed by atoms with van der Waals surface area (Å²) in [5.74, 6) is 0.624. The van der Waals surface area contributed by atoms with E-state index < -0.39 is 16.8 Å². The summed E-state index contributed by atoms with van der Waals surface area (Å²) in [6.45, 7) is 12.3. The van der Waals surface area contributed by atoms with Crippen LogP contribution in [0.5, 0.6) is 0 Å². The van der Waals surface area contributed by atoms with Gasteiger partial charge in [-0.3, -0.25) is 9.59 Å². The number of ketones is 2. The molecule has 1 heterocycles. The van der Waals surface area contributed by atoms with Gasteiger partial charge in [-0.1, -0.05) is 39.3 Å². The van der Waals surface area contributed by atoms with E-state index >= 15 is 0 Å². The standard InChI is InChI=1S/C31H39N3O4/c1-17-33-34-26(38-17)31-10-7-19-24(20(31)15-27(2,3)11-12-31)21(35)13-23-28(19,4)9-8-22-29(23,5)14-18(16-32)25(36)30(22,6)37/h13-14,19-20,22,24,37H,7-12,15H2,1-6H3/t19?,20?,22?,24?,28-,29-,30-,31+/m0/s1. The van der Waals surface area contributed by atoms with Crippen molar-refractivity contribution in [2.75, 3.05) is 0 Å². The van der Waals surface area contributed by atoms with E-state index in [1.165, 1.54) is 0 Å². The van der Waals surface area contributed by atoms with Gasteiger partial charge >= 0.3 is 0 Å². The van der Waals surface area contributed by atoms with Gasteiger partial charge in [0.2, 0.25) is 17.6 Å². The molecule has 3 fully saturated rings. The number of aromatic nitrogens is 2. The van der Waals surface area contributed by atoms with Crippen LogP contribution in [0.1, 0.15) is 91.3 Å². The predicted molar refractivity (Wildman–Crippen MR) is 139 cm³/mol. The number of nitriles is 1. The highest BCUT2D eigenvalue weighted by Gasteiger charge is 2.67. The summed E-state index contributed by atoms with van der Waals surface area (Å²) in [6.07, 6.45) is 9.79. The second-order valence-electron chi connectivity index (χ2n) is 14.3. The molecule has 38 heavy (non-hydrogen) atoms. The highest BCUT2D eigenvalue weighted by atomic mass is 16.4. The molecule has 3 saturated carbocycles. The Balaban J connectivity index is 1.50. The Morgan fingerprint density at radius 3 is 2.42 bits per heavy atom. The van der Waals surface area contributed by atoms with E-state index in [1.54, 1.807) is 13.0 Å². The molecule has 0 aromatic carbocycles. The fourth-order valence-corrected chi connectivity index (χ4v) is 9.82. The second-order valence-corrected chi connectivity index (χ2v) is 14.3. The number of fused-ring (bicyclic) bond motifs is 7. The zero-order chi connectivity index (χ0) is 27.5. The number of nitrogens with zero attached hydrogens (tertiary/aromatic N) is 3. The molecule has 7 nitrogen and oxygen atoms in total. The highest BCUT2D eigenvalue weighted by Crippen LogP contribution is 2.69. The smallest absolute Gasteiger partial charge is 0.222 e. The molecule has 4 unspecified atom stereocenters. The normalized spacial score (nSPS) is 45.5. The van der Waals surface area contributed by atoms with Crippen LogP contribution in [0.2, 0.25) is 0 Å². The molecule has 8 atom stereocenters. The van der Waals surface area contributed by atoms with Crippen LogP contribution >= 0.6 is 0 Å². The first-order chi connectivity index (χ1) is 17.7. The second kappa shape index (κ2) is 7.75. The number of allylic oxidation sites excluding steroid dienone is 3. The molecule has 6 rings (SSSR count). The zero-order valence-electron chi connectivity index (χ0n) is 23.4. The Morgan fingerprint density at radius 1 is 1.03 bits per heavy atom. The maximum Gasteiger partial charge on any atom is 0.222 e. The van der Waals surface area contributed by atoms with E-state index in [4.69, 9.17) is 4.42 Å². The Labute approximate surface area is 224 Å². The molecule has 0 spiro atoms. The van der Waals surface area contributed by atoms with Crippen molar-refractivity contribution in [3.8, 4) is 6.07 Å². The lowest BCUT2D eigenvalue weighted by molar-refractivity contribution is -0.151. The van der Waals surface area contributed by atoms with Gasteiger partial charge in [-0.05, 0) is 80.6 Å². The molecule has 0 aliphatic heterocycles. The van der Waals surface area contributed by atoms with Crippen molar-refractivity contribution in [1.82, 2.24) is 10.2 Å². The maximum atomic E-state index is 14.3. The summed E-state index contributed by atoms with van der Waals surface area (Å²) in [6, 6.07) is 2.03. The third-order valence-electron chi connectivity index (χ3n) is 11.7. The SMILES string of the molecule is Cc1nnc([C@@]23CCC4C(C(=O)C=C5[C@@]6(C)C=C(C#N)C(=O)[C@@](C)(O)C6CC[C@]54C)C2CC(C)(C)CC3)o1. The fraction of sp³-hybridized carbons (Fsp3) is 0.710. The fourth-order valence-electron chi connectivity index (χ4n) is 9.82. The number of Topliss-reactive ketones (excluding diaryl/α,β-unsaturated/α-hetero) is 1. The minimum absolute atomic E-state index is 0.00285. The molecule has 1 aromatic rings. The van der Waals surface area contributed by atoms with Gasteiger partial charge in [0.15, 0.2) is 5.78 Å². The quantitative estimate of drug-likeness (QED) is 0.545. The summed E-state index contributed by atoms with van der Waals surface area (Å²) < 4.78 is 6.09. The van der Waals surface area contributed by atoms with Crippen molar-refractivity contribution in [3.63, 3.8) is 0 Å². The van der Waals surface area contributed by atoms with Crippen LogP contribution in [-0.4, -0.2) is 32.5 Å². The van der Waals surface area contributed by atoms with Gasteiger partial charge < -0.3 is 9.52 Å². The largest absolute Gasteiger partial charge is 0.425 e. The van der Waals surface area contributed by atoms with Crippen LogP contribution in [0.3, 0.4) is 0 Å². The van der Waals surface area contributed by atoms with Crippen molar-refractivity contribution in [2.24, 2.45) is 39.9 Å². The van der Waals surface area contributed by atoms with Gasteiger partial charge in [0.25, 0.3) is 0 Å². The minimum atomic E-state index is -1.64. The maximum absolute atomic E-state index is 14.3. The first-order valence-electron chi connectivity index (χ1n) is 14.2. The number of aryl methyl sites for hydroxylation is 1. The van der Waals surface area contributed by atoms with Crippen molar-refractivity contribution >= 4 is 11.6 Å².